The minimum absolute atomic E-state index is 0. The van der Waals surface area contributed by atoms with Crippen molar-refractivity contribution in [2.75, 3.05) is 0 Å². The molecule has 0 radical (unpaired) electrons. The van der Waals surface area contributed by atoms with Crippen molar-refractivity contribution < 1.29 is 8.78 Å². The van der Waals surface area contributed by atoms with Crippen LogP contribution in [0.15, 0.2) is 72.8 Å². The average molecular weight is 609 g/mol. The molecule has 4 aromatic rings. The van der Waals surface area contributed by atoms with Gasteiger partial charge in [-0.2, -0.15) is 8.78 Å². The second kappa shape index (κ2) is 11.8. The molecular formula is C43H54F2. The molecule has 0 heterocycles. The van der Waals surface area contributed by atoms with Crippen molar-refractivity contribution in [1.29, 1.82) is 0 Å². The van der Waals surface area contributed by atoms with E-state index in [2.05, 4.69) is 71.0 Å². The molecule has 0 fully saturated rings. The van der Waals surface area contributed by atoms with E-state index in [1.807, 2.05) is 65.8 Å². The summed E-state index contributed by atoms with van der Waals surface area (Å²) < 4.78 is 30.1. The summed E-state index contributed by atoms with van der Waals surface area (Å²) in [5.74, 6) is -2.31. The van der Waals surface area contributed by atoms with Gasteiger partial charge in [0.25, 0.3) is 5.92 Å². The first-order valence-corrected chi connectivity index (χ1v) is 16.2. The largest absolute Gasteiger partial charge is 0.299 e. The molecule has 0 nitrogen and oxygen atoms in total. The van der Waals surface area contributed by atoms with Gasteiger partial charge in [-0.15, -0.1) is 0 Å². The number of hydrogen-bond donors (Lipinski definition) is 0. The molecule has 0 aliphatic heterocycles. The number of alkyl halides is 2. The first-order valence-electron chi connectivity index (χ1n) is 16.2. The molecule has 0 amide bonds. The molecular weight excluding hydrogens is 554 g/mol. The maximum Gasteiger partial charge on any atom is 0.299 e. The third-order valence-electron chi connectivity index (χ3n) is 9.46. The highest BCUT2D eigenvalue weighted by Crippen LogP contribution is 2.52. The fourth-order valence-electron chi connectivity index (χ4n) is 6.40. The van der Waals surface area contributed by atoms with E-state index in [0.717, 1.165) is 11.1 Å². The smallest absolute Gasteiger partial charge is 0.196 e. The van der Waals surface area contributed by atoms with Crippen LogP contribution < -0.4 is 0 Å². The van der Waals surface area contributed by atoms with Crippen LogP contribution in [0.1, 0.15) is 134 Å². The summed E-state index contributed by atoms with van der Waals surface area (Å²) in [6, 6.07) is 25.2. The SMILES string of the molecule is C.CC(C)(C)c1ccc2c(c1)C(F)(F)c1cc(C(C)(C)C)ccc1-2.CC(C)c1ccc2c(c1)CCc1cc(C(C)(C)C)ccc1-2. The molecule has 2 aliphatic rings. The molecule has 0 N–H and O–H groups in total. The van der Waals surface area contributed by atoms with Gasteiger partial charge in [0.2, 0.25) is 0 Å². The summed E-state index contributed by atoms with van der Waals surface area (Å²) in [7, 11) is 0. The molecule has 45 heavy (non-hydrogen) atoms. The first-order chi connectivity index (χ1) is 20.3. The Kier molecular flexibility index (Phi) is 9.10. The highest BCUT2D eigenvalue weighted by molar-refractivity contribution is 5.80. The van der Waals surface area contributed by atoms with Crippen LogP contribution in [0.2, 0.25) is 0 Å². The van der Waals surface area contributed by atoms with Crippen molar-refractivity contribution in [3.8, 4) is 22.3 Å². The predicted molar refractivity (Wildman–Crippen MR) is 191 cm³/mol. The molecule has 0 spiro atoms. The van der Waals surface area contributed by atoms with Crippen LogP contribution >= 0.6 is 0 Å². The van der Waals surface area contributed by atoms with E-state index >= 15 is 8.78 Å². The van der Waals surface area contributed by atoms with Gasteiger partial charge in [-0.3, -0.25) is 0 Å². The lowest BCUT2D eigenvalue weighted by Crippen LogP contribution is -2.16. The van der Waals surface area contributed by atoms with Crippen LogP contribution in [0.5, 0.6) is 0 Å². The Bertz CT molecular complexity index is 1630. The molecule has 2 heteroatoms. The van der Waals surface area contributed by atoms with Gasteiger partial charge in [-0.25, -0.2) is 0 Å². The summed E-state index contributed by atoms with van der Waals surface area (Å²) in [4.78, 5) is 0. The van der Waals surface area contributed by atoms with Crippen molar-refractivity contribution >= 4 is 0 Å². The Hall–Kier alpha value is -3.26. The van der Waals surface area contributed by atoms with Gasteiger partial charge in [-0.1, -0.05) is 144 Å². The van der Waals surface area contributed by atoms with Gasteiger partial charge in [0.05, 0.1) is 0 Å². The van der Waals surface area contributed by atoms with E-state index in [9.17, 15) is 0 Å². The quantitative estimate of drug-likeness (QED) is 0.202. The van der Waals surface area contributed by atoms with E-state index in [4.69, 9.17) is 0 Å². The Morgan fingerprint density at radius 2 is 0.867 bits per heavy atom. The van der Waals surface area contributed by atoms with Crippen molar-refractivity contribution in [2.24, 2.45) is 0 Å². The number of halogens is 2. The average Bonchev–Trinajstić information content (AvgIpc) is 3.17. The lowest BCUT2D eigenvalue weighted by Gasteiger charge is -2.25. The molecule has 0 atom stereocenters. The second-order valence-electron chi connectivity index (χ2n) is 16.3. The van der Waals surface area contributed by atoms with Crippen LogP contribution in [0.25, 0.3) is 22.3 Å². The molecule has 0 unspecified atom stereocenters. The van der Waals surface area contributed by atoms with Crippen LogP contribution in [-0.4, -0.2) is 0 Å². The van der Waals surface area contributed by atoms with Gasteiger partial charge in [0.1, 0.15) is 0 Å². The van der Waals surface area contributed by atoms with E-state index in [1.54, 1.807) is 12.1 Å². The maximum atomic E-state index is 15.1. The van der Waals surface area contributed by atoms with Gasteiger partial charge in [0, 0.05) is 11.1 Å². The van der Waals surface area contributed by atoms with Crippen molar-refractivity contribution in [3.05, 3.63) is 117 Å². The van der Waals surface area contributed by atoms with Crippen LogP contribution in [-0.2, 0) is 35.0 Å². The summed E-state index contributed by atoms with van der Waals surface area (Å²) >= 11 is 0. The highest BCUT2D eigenvalue weighted by Gasteiger charge is 2.45. The van der Waals surface area contributed by atoms with E-state index in [0.29, 0.717) is 17.0 Å². The second-order valence-corrected chi connectivity index (χ2v) is 16.3. The van der Waals surface area contributed by atoms with Crippen molar-refractivity contribution in [3.63, 3.8) is 0 Å². The molecule has 0 saturated heterocycles. The topological polar surface area (TPSA) is 0 Å². The maximum absolute atomic E-state index is 15.1. The Morgan fingerprint density at radius 3 is 1.27 bits per heavy atom. The van der Waals surface area contributed by atoms with Crippen LogP contribution in [0, 0.1) is 0 Å². The molecule has 240 valence electrons. The third-order valence-corrected chi connectivity index (χ3v) is 9.46. The van der Waals surface area contributed by atoms with Crippen molar-refractivity contribution in [1.82, 2.24) is 0 Å². The van der Waals surface area contributed by atoms with Crippen molar-refractivity contribution in [2.45, 2.75) is 125 Å². The van der Waals surface area contributed by atoms with Gasteiger partial charge in [0.15, 0.2) is 0 Å². The van der Waals surface area contributed by atoms with E-state index in [-0.39, 0.29) is 34.8 Å². The Balaban J connectivity index is 0.000000201. The zero-order valence-electron chi connectivity index (χ0n) is 28.7. The molecule has 4 aromatic carbocycles. The molecule has 0 bridgehead atoms. The molecule has 0 aromatic heterocycles. The molecule has 0 saturated carbocycles. The highest BCUT2D eigenvalue weighted by atomic mass is 19.3. The summed E-state index contributed by atoms with van der Waals surface area (Å²) in [6.45, 7) is 23.7. The summed E-state index contributed by atoms with van der Waals surface area (Å²) in [6.07, 6.45) is 2.35. The fourth-order valence-corrected chi connectivity index (χ4v) is 6.40. The predicted octanol–water partition coefficient (Wildman–Crippen LogP) is 12.9. The Morgan fingerprint density at radius 1 is 0.511 bits per heavy atom. The number of fused-ring (bicyclic) bond motifs is 6. The molecule has 2 aliphatic carbocycles. The molecule has 6 rings (SSSR count). The standard InChI is InChI=1S/C21H24F2.C21H26.CH4/c1-19(2,3)13-7-9-15-16-10-8-14(20(4,5)6)12-18(16)21(22,23)17(15)11-13;1-14(2)15-8-10-19-16(12-15)6-7-17-13-18(21(3,4)5)9-11-20(17)19;/h7-12H,1-6H3;8-14H,6-7H2,1-5H3;1H4. The minimum Gasteiger partial charge on any atom is -0.196 e. The van der Waals surface area contributed by atoms with Crippen LogP contribution in [0.4, 0.5) is 8.78 Å². The lowest BCUT2D eigenvalue weighted by molar-refractivity contribution is 0.0477. The number of benzene rings is 4. The third kappa shape index (κ3) is 6.67. The van der Waals surface area contributed by atoms with Gasteiger partial charge in [-0.05, 0) is 103 Å². The zero-order chi connectivity index (χ0) is 32.4. The summed E-state index contributed by atoms with van der Waals surface area (Å²) in [5.41, 5.74) is 12.3. The Labute approximate surface area is 272 Å². The fraction of sp³-hybridized carbons (Fsp3) is 0.442. The van der Waals surface area contributed by atoms with E-state index < -0.39 is 5.92 Å². The van der Waals surface area contributed by atoms with Crippen LogP contribution in [0.3, 0.4) is 0 Å². The number of rotatable bonds is 1. The number of aryl methyl sites for hydroxylation is 2. The monoisotopic (exact) mass is 608 g/mol. The van der Waals surface area contributed by atoms with E-state index in [1.165, 1.54) is 46.2 Å². The van der Waals surface area contributed by atoms with Gasteiger partial charge >= 0.3 is 0 Å². The summed E-state index contributed by atoms with van der Waals surface area (Å²) in [5, 5.41) is 0. The lowest BCUT2D eigenvalue weighted by atomic mass is 9.79. The first kappa shape index (κ1) is 34.6. The number of hydrogen-bond acceptors (Lipinski definition) is 0. The zero-order valence-corrected chi connectivity index (χ0v) is 28.7. The van der Waals surface area contributed by atoms with Gasteiger partial charge < -0.3 is 0 Å². The minimum atomic E-state index is -2.92. The normalized spacial score (nSPS) is 14.8.